The van der Waals surface area contributed by atoms with E-state index >= 15 is 0 Å². The third-order valence-electron chi connectivity index (χ3n) is 3.15. The second kappa shape index (κ2) is 5.73. The fourth-order valence-electron chi connectivity index (χ4n) is 2.13. The third-order valence-corrected chi connectivity index (χ3v) is 3.15. The highest BCUT2D eigenvalue weighted by Gasteiger charge is 2.24. The molecule has 2 amide bonds. The minimum atomic E-state index is -0.0520. The molecule has 1 aromatic carbocycles. The van der Waals surface area contributed by atoms with E-state index in [1.165, 1.54) is 0 Å². The molecule has 1 fully saturated rings. The van der Waals surface area contributed by atoms with E-state index in [0.29, 0.717) is 30.8 Å². The lowest BCUT2D eigenvalue weighted by atomic mass is 10.2. The summed E-state index contributed by atoms with van der Waals surface area (Å²) in [6.07, 6.45) is 1.84. The summed E-state index contributed by atoms with van der Waals surface area (Å²) in [6.45, 7) is 2.49. The van der Waals surface area contributed by atoms with Crippen molar-refractivity contribution in [2.24, 2.45) is 0 Å². The Balaban J connectivity index is 2.31. The SMILES string of the molecule is CCC(=O)Nc1ccc(OC)c(N2CCCC2=O)c1. The molecule has 0 bridgehead atoms. The Morgan fingerprint density at radius 3 is 2.84 bits per heavy atom. The predicted octanol–water partition coefficient (Wildman–Crippen LogP) is 2.17. The molecule has 2 rings (SSSR count). The van der Waals surface area contributed by atoms with Gasteiger partial charge in [-0.3, -0.25) is 9.59 Å². The topological polar surface area (TPSA) is 58.6 Å². The van der Waals surface area contributed by atoms with Crippen LogP contribution in [-0.2, 0) is 9.59 Å². The van der Waals surface area contributed by atoms with E-state index in [1.807, 2.05) is 0 Å². The van der Waals surface area contributed by atoms with Crippen LogP contribution in [0.3, 0.4) is 0 Å². The van der Waals surface area contributed by atoms with Crippen LogP contribution in [-0.4, -0.2) is 25.5 Å². The van der Waals surface area contributed by atoms with Crippen LogP contribution in [0.15, 0.2) is 18.2 Å². The molecule has 1 aliphatic heterocycles. The number of nitrogens with zero attached hydrogens (tertiary/aromatic N) is 1. The number of hydrogen-bond donors (Lipinski definition) is 1. The second-order valence-corrected chi connectivity index (χ2v) is 4.44. The van der Waals surface area contributed by atoms with Gasteiger partial charge in [0.1, 0.15) is 5.75 Å². The Hall–Kier alpha value is -2.04. The van der Waals surface area contributed by atoms with Crippen LogP contribution in [0.25, 0.3) is 0 Å². The molecule has 19 heavy (non-hydrogen) atoms. The number of ether oxygens (including phenoxy) is 1. The molecule has 1 N–H and O–H groups in total. The molecular formula is C14H18N2O3. The van der Waals surface area contributed by atoms with Gasteiger partial charge in [-0.1, -0.05) is 6.92 Å². The average Bonchev–Trinajstić information content (AvgIpc) is 2.84. The van der Waals surface area contributed by atoms with Crippen molar-refractivity contribution in [3.8, 4) is 5.75 Å². The maximum Gasteiger partial charge on any atom is 0.227 e. The summed E-state index contributed by atoms with van der Waals surface area (Å²) in [5.74, 6) is 0.686. The number of amides is 2. The molecular weight excluding hydrogens is 244 g/mol. The summed E-state index contributed by atoms with van der Waals surface area (Å²) in [5.41, 5.74) is 1.40. The van der Waals surface area contributed by atoms with E-state index in [-0.39, 0.29) is 11.8 Å². The maximum atomic E-state index is 11.8. The molecule has 102 valence electrons. The Morgan fingerprint density at radius 1 is 1.47 bits per heavy atom. The Labute approximate surface area is 112 Å². The number of anilines is 2. The second-order valence-electron chi connectivity index (χ2n) is 4.44. The van der Waals surface area contributed by atoms with Gasteiger partial charge in [0.25, 0.3) is 0 Å². The van der Waals surface area contributed by atoms with Crippen LogP contribution in [0.1, 0.15) is 26.2 Å². The predicted molar refractivity (Wildman–Crippen MR) is 73.5 cm³/mol. The van der Waals surface area contributed by atoms with E-state index in [0.717, 1.165) is 12.1 Å². The largest absolute Gasteiger partial charge is 0.495 e. The lowest BCUT2D eigenvalue weighted by Crippen LogP contribution is -2.24. The van der Waals surface area contributed by atoms with Gasteiger partial charge >= 0.3 is 0 Å². The van der Waals surface area contributed by atoms with Crippen molar-refractivity contribution >= 4 is 23.2 Å². The minimum Gasteiger partial charge on any atom is -0.495 e. The summed E-state index contributed by atoms with van der Waals surface area (Å²) in [5, 5.41) is 2.79. The first-order valence-corrected chi connectivity index (χ1v) is 6.44. The Morgan fingerprint density at radius 2 is 2.26 bits per heavy atom. The lowest BCUT2D eigenvalue weighted by Gasteiger charge is -2.20. The number of nitrogens with one attached hydrogen (secondary N) is 1. The standard InChI is InChI=1S/C14H18N2O3/c1-3-13(17)15-10-6-7-12(19-2)11(9-10)16-8-4-5-14(16)18/h6-7,9H,3-5,8H2,1-2H3,(H,15,17). The fraction of sp³-hybridized carbons (Fsp3) is 0.429. The maximum absolute atomic E-state index is 11.8. The quantitative estimate of drug-likeness (QED) is 0.904. The number of hydrogen-bond acceptors (Lipinski definition) is 3. The summed E-state index contributed by atoms with van der Waals surface area (Å²) in [7, 11) is 1.57. The molecule has 0 saturated carbocycles. The van der Waals surface area contributed by atoms with Crippen LogP contribution >= 0.6 is 0 Å². The van der Waals surface area contributed by atoms with Crippen molar-refractivity contribution in [2.45, 2.75) is 26.2 Å². The molecule has 0 atom stereocenters. The van der Waals surface area contributed by atoms with Crippen molar-refractivity contribution in [1.82, 2.24) is 0 Å². The minimum absolute atomic E-state index is 0.0520. The van der Waals surface area contributed by atoms with E-state index in [9.17, 15) is 9.59 Å². The van der Waals surface area contributed by atoms with Crippen molar-refractivity contribution in [2.75, 3.05) is 23.9 Å². The molecule has 1 saturated heterocycles. The molecule has 0 aromatic heterocycles. The molecule has 5 nitrogen and oxygen atoms in total. The fourth-order valence-corrected chi connectivity index (χ4v) is 2.13. The zero-order chi connectivity index (χ0) is 13.8. The van der Waals surface area contributed by atoms with Gasteiger partial charge in [-0.15, -0.1) is 0 Å². The van der Waals surface area contributed by atoms with E-state index in [4.69, 9.17) is 4.74 Å². The molecule has 1 aliphatic rings. The van der Waals surface area contributed by atoms with E-state index < -0.39 is 0 Å². The van der Waals surface area contributed by atoms with Gasteiger partial charge in [0.2, 0.25) is 11.8 Å². The smallest absolute Gasteiger partial charge is 0.227 e. The first-order valence-electron chi connectivity index (χ1n) is 6.44. The number of benzene rings is 1. The van der Waals surface area contributed by atoms with Crippen molar-refractivity contribution in [3.05, 3.63) is 18.2 Å². The highest BCUT2D eigenvalue weighted by atomic mass is 16.5. The van der Waals surface area contributed by atoms with E-state index in [1.54, 1.807) is 37.1 Å². The molecule has 1 heterocycles. The van der Waals surface area contributed by atoms with Gasteiger partial charge < -0.3 is 15.0 Å². The molecule has 0 radical (unpaired) electrons. The lowest BCUT2D eigenvalue weighted by molar-refractivity contribution is -0.117. The third kappa shape index (κ3) is 2.86. The van der Waals surface area contributed by atoms with Crippen LogP contribution in [0.4, 0.5) is 11.4 Å². The first-order chi connectivity index (χ1) is 9.15. The Kier molecular flexibility index (Phi) is 4.04. The van der Waals surface area contributed by atoms with Gasteiger partial charge in [-0.2, -0.15) is 0 Å². The zero-order valence-corrected chi connectivity index (χ0v) is 11.2. The summed E-state index contributed by atoms with van der Waals surface area (Å²) in [4.78, 5) is 24.9. The van der Waals surface area contributed by atoms with E-state index in [2.05, 4.69) is 5.32 Å². The number of carbonyl (C=O) groups is 2. The van der Waals surface area contributed by atoms with Crippen LogP contribution in [0, 0.1) is 0 Å². The van der Waals surface area contributed by atoms with Crippen molar-refractivity contribution < 1.29 is 14.3 Å². The summed E-state index contributed by atoms with van der Waals surface area (Å²) in [6, 6.07) is 5.33. The van der Waals surface area contributed by atoms with Gasteiger partial charge in [-0.05, 0) is 24.6 Å². The number of rotatable bonds is 4. The van der Waals surface area contributed by atoms with Gasteiger partial charge in [0, 0.05) is 25.1 Å². The van der Waals surface area contributed by atoms with Gasteiger partial charge in [0.05, 0.1) is 12.8 Å². The molecule has 0 aliphatic carbocycles. The number of carbonyl (C=O) groups excluding carboxylic acids is 2. The molecule has 5 heteroatoms. The Bertz CT molecular complexity index is 499. The normalized spacial score (nSPS) is 14.6. The van der Waals surface area contributed by atoms with Crippen LogP contribution < -0.4 is 15.0 Å². The van der Waals surface area contributed by atoms with Crippen LogP contribution in [0.5, 0.6) is 5.75 Å². The monoisotopic (exact) mass is 262 g/mol. The molecule has 1 aromatic rings. The van der Waals surface area contributed by atoms with Crippen molar-refractivity contribution in [3.63, 3.8) is 0 Å². The van der Waals surface area contributed by atoms with Crippen molar-refractivity contribution in [1.29, 1.82) is 0 Å². The summed E-state index contributed by atoms with van der Waals surface area (Å²) >= 11 is 0. The first kappa shape index (κ1) is 13.4. The highest BCUT2D eigenvalue weighted by molar-refractivity contribution is 5.98. The van der Waals surface area contributed by atoms with Gasteiger partial charge in [0.15, 0.2) is 0 Å². The molecule has 0 unspecified atom stereocenters. The number of methoxy groups -OCH3 is 1. The summed E-state index contributed by atoms with van der Waals surface area (Å²) < 4.78 is 5.29. The highest BCUT2D eigenvalue weighted by Crippen LogP contribution is 2.33. The zero-order valence-electron chi connectivity index (χ0n) is 11.2. The molecule has 0 spiro atoms. The van der Waals surface area contributed by atoms with Gasteiger partial charge in [-0.25, -0.2) is 0 Å². The average molecular weight is 262 g/mol. The van der Waals surface area contributed by atoms with Crippen LogP contribution in [0.2, 0.25) is 0 Å².